The maximum Gasteiger partial charge on any atom is 0.251 e. The second kappa shape index (κ2) is 6.84. The first-order chi connectivity index (χ1) is 12.2. The molecule has 0 N–H and O–H groups in total. The highest BCUT2D eigenvalue weighted by molar-refractivity contribution is 5.81. The molecular weight excluding hydrogens is 318 g/mol. The SMILES string of the molecule is Cc1nc(N2CCN(C(=O)C3CCCO3)CC2)cc(-n2cccc2)n1. The number of hydrogen-bond donors (Lipinski definition) is 0. The van der Waals surface area contributed by atoms with E-state index in [0.29, 0.717) is 19.7 Å². The molecule has 7 heteroatoms. The molecule has 0 aliphatic carbocycles. The van der Waals surface area contributed by atoms with Gasteiger partial charge in [-0.2, -0.15) is 0 Å². The Labute approximate surface area is 147 Å². The first kappa shape index (κ1) is 16.1. The first-order valence-electron chi connectivity index (χ1n) is 8.85. The predicted molar refractivity (Wildman–Crippen MR) is 93.9 cm³/mol. The molecule has 1 unspecified atom stereocenters. The quantitative estimate of drug-likeness (QED) is 0.844. The Hall–Kier alpha value is -2.41. The molecule has 4 rings (SSSR count). The average Bonchev–Trinajstić information content (AvgIpc) is 3.34. The predicted octanol–water partition coefficient (Wildman–Crippen LogP) is 1.40. The van der Waals surface area contributed by atoms with E-state index < -0.39 is 0 Å². The Kier molecular flexibility index (Phi) is 4.40. The van der Waals surface area contributed by atoms with Gasteiger partial charge in [0.1, 0.15) is 23.6 Å². The highest BCUT2D eigenvalue weighted by Gasteiger charge is 2.30. The van der Waals surface area contributed by atoms with E-state index in [1.807, 2.05) is 47.0 Å². The fourth-order valence-electron chi connectivity index (χ4n) is 3.45. The van der Waals surface area contributed by atoms with Crippen LogP contribution in [0.3, 0.4) is 0 Å². The molecular formula is C18H23N5O2. The second-order valence-electron chi connectivity index (χ2n) is 6.54. The molecule has 1 atom stereocenters. The van der Waals surface area contributed by atoms with Crippen LogP contribution in [0.25, 0.3) is 5.82 Å². The van der Waals surface area contributed by atoms with Crippen molar-refractivity contribution in [1.82, 2.24) is 19.4 Å². The number of nitrogens with zero attached hydrogens (tertiary/aromatic N) is 5. The Morgan fingerprint density at radius 1 is 1.12 bits per heavy atom. The van der Waals surface area contributed by atoms with Crippen LogP contribution in [0.4, 0.5) is 5.82 Å². The van der Waals surface area contributed by atoms with Gasteiger partial charge in [-0.25, -0.2) is 9.97 Å². The van der Waals surface area contributed by atoms with E-state index in [1.165, 1.54) is 0 Å². The third-order valence-corrected chi connectivity index (χ3v) is 4.80. The van der Waals surface area contributed by atoms with Gasteiger partial charge in [0, 0.05) is 51.2 Å². The maximum atomic E-state index is 12.5. The fourth-order valence-corrected chi connectivity index (χ4v) is 3.45. The van der Waals surface area contributed by atoms with Crippen molar-refractivity contribution < 1.29 is 9.53 Å². The van der Waals surface area contributed by atoms with Gasteiger partial charge in [-0.15, -0.1) is 0 Å². The van der Waals surface area contributed by atoms with Crippen LogP contribution in [-0.4, -0.2) is 64.2 Å². The summed E-state index contributed by atoms with van der Waals surface area (Å²) in [6.45, 7) is 5.59. The van der Waals surface area contributed by atoms with E-state index in [-0.39, 0.29) is 12.0 Å². The van der Waals surface area contributed by atoms with E-state index in [0.717, 1.165) is 43.4 Å². The van der Waals surface area contributed by atoms with Gasteiger partial charge in [0.25, 0.3) is 5.91 Å². The molecule has 25 heavy (non-hydrogen) atoms. The van der Waals surface area contributed by atoms with Crippen molar-refractivity contribution in [3.8, 4) is 5.82 Å². The molecule has 7 nitrogen and oxygen atoms in total. The van der Waals surface area contributed by atoms with Crippen molar-refractivity contribution in [1.29, 1.82) is 0 Å². The van der Waals surface area contributed by atoms with Crippen molar-refractivity contribution in [3.05, 3.63) is 36.4 Å². The first-order valence-corrected chi connectivity index (χ1v) is 8.85. The summed E-state index contributed by atoms with van der Waals surface area (Å²) in [4.78, 5) is 25.7. The number of ether oxygens (including phenoxy) is 1. The van der Waals surface area contributed by atoms with Gasteiger partial charge in [-0.3, -0.25) is 4.79 Å². The molecule has 0 saturated carbocycles. The van der Waals surface area contributed by atoms with Gasteiger partial charge in [0.05, 0.1) is 0 Å². The van der Waals surface area contributed by atoms with Crippen molar-refractivity contribution in [2.24, 2.45) is 0 Å². The summed E-state index contributed by atoms with van der Waals surface area (Å²) < 4.78 is 7.51. The molecule has 0 radical (unpaired) electrons. The number of piperazine rings is 1. The molecule has 2 fully saturated rings. The third kappa shape index (κ3) is 3.37. The Morgan fingerprint density at radius 3 is 2.52 bits per heavy atom. The highest BCUT2D eigenvalue weighted by atomic mass is 16.5. The molecule has 0 spiro atoms. The zero-order chi connectivity index (χ0) is 17.2. The minimum atomic E-state index is -0.229. The Bertz CT molecular complexity index is 732. The number of amides is 1. The summed E-state index contributed by atoms with van der Waals surface area (Å²) in [7, 11) is 0. The minimum Gasteiger partial charge on any atom is -0.368 e. The normalized spacial score (nSPS) is 20.9. The monoisotopic (exact) mass is 341 g/mol. The number of anilines is 1. The number of carbonyl (C=O) groups excluding carboxylic acids is 1. The van der Waals surface area contributed by atoms with Crippen molar-refractivity contribution >= 4 is 11.7 Å². The zero-order valence-corrected chi connectivity index (χ0v) is 14.5. The number of aryl methyl sites for hydroxylation is 1. The molecule has 0 aromatic carbocycles. The summed E-state index contributed by atoms with van der Waals surface area (Å²) >= 11 is 0. The van der Waals surface area contributed by atoms with Crippen LogP contribution >= 0.6 is 0 Å². The molecule has 2 aliphatic rings. The lowest BCUT2D eigenvalue weighted by Crippen LogP contribution is -2.51. The van der Waals surface area contributed by atoms with Crippen LogP contribution in [0.5, 0.6) is 0 Å². The number of rotatable bonds is 3. The van der Waals surface area contributed by atoms with E-state index in [2.05, 4.69) is 14.9 Å². The minimum absolute atomic E-state index is 0.143. The van der Waals surface area contributed by atoms with Gasteiger partial charge in [-0.05, 0) is 31.9 Å². The average molecular weight is 341 g/mol. The smallest absolute Gasteiger partial charge is 0.251 e. The third-order valence-electron chi connectivity index (χ3n) is 4.80. The molecule has 0 bridgehead atoms. The summed E-state index contributed by atoms with van der Waals surface area (Å²) in [6.07, 6.45) is 5.56. The van der Waals surface area contributed by atoms with Gasteiger partial charge in [-0.1, -0.05) is 0 Å². The Morgan fingerprint density at radius 2 is 1.84 bits per heavy atom. The number of aromatic nitrogens is 3. The van der Waals surface area contributed by atoms with E-state index >= 15 is 0 Å². The molecule has 2 aromatic rings. The van der Waals surface area contributed by atoms with Crippen LogP contribution in [0.15, 0.2) is 30.6 Å². The van der Waals surface area contributed by atoms with Crippen molar-refractivity contribution in [3.63, 3.8) is 0 Å². The van der Waals surface area contributed by atoms with Crippen LogP contribution in [-0.2, 0) is 9.53 Å². The molecule has 1 amide bonds. The summed E-state index contributed by atoms with van der Waals surface area (Å²) in [5, 5.41) is 0. The molecule has 2 saturated heterocycles. The summed E-state index contributed by atoms with van der Waals surface area (Å²) in [6, 6.07) is 5.96. The van der Waals surface area contributed by atoms with E-state index in [4.69, 9.17) is 4.74 Å². The van der Waals surface area contributed by atoms with E-state index in [1.54, 1.807) is 0 Å². The zero-order valence-electron chi connectivity index (χ0n) is 14.5. The topological polar surface area (TPSA) is 63.5 Å². The summed E-state index contributed by atoms with van der Waals surface area (Å²) in [5.74, 6) is 2.67. The van der Waals surface area contributed by atoms with E-state index in [9.17, 15) is 4.79 Å². The van der Waals surface area contributed by atoms with Crippen LogP contribution < -0.4 is 4.90 Å². The van der Waals surface area contributed by atoms with Crippen LogP contribution in [0.2, 0.25) is 0 Å². The number of carbonyl (C=O) groups is 1. The second-order valence-corrected chi connectivity index (χ2v) is 6.54. The van der Waals surface area contributed by atoms with Gasteiger partial charge in [0.2, 0.25) is 0 Å². The maximum absolute atomic E-state index is 12.5. The Balaban J connectivity index is 1.45. The lowest BCUT2D eigenvalue weighted by molar-refractivity contribution is -0.141. The number of hydrogen-bond acceptors (Lipinski definition) is 5. The van der Waals surface area contributed by atoms with Crippen molar-refractivity contribution in [2.75, 3.05) is 37.7 Å². The van der Waals surface area contributed by atoms with Crippen LogP contribution in [0, 0.1) is 6.92 Å². The largest absolute Gasteiger partial charge is 0.368 e. The highest BCUT2D eigenvalue weighted by Crippen LogP contribution is 2.20. The molecule has 4 heterocycles. The van der Waals surface area contributed by atoms with Crippen molar-refractivity contribution in [2.45, 2.75) is 25.9 Å². The van der Waals surface area contributed by atoms with Crippen LogP contribution in [0.1, 0.15) is 18.7 Å². The van der Waals surface area contributed by atoms with Gasteiger partial charge >= 0.3 is 0 Å². The van der Waals surface area contributed by atoms with Gasteiger partial charge in [0.15, 0.2) is 0 Å². The lowest BCUT2D eigenvalue weighted by Gasteiger charge is -2.36. The lowest BCUT2D eigenvalue weighted by atomic mass is 10.2. The summed E-state index contributed by atoms with van der Waals surface area (Å²) in [5.41, 5.74) is 0. The fraction of sp³-hybridized carbons (Fsp3) is 0.500. The standard InChI is InChI=1S/C18H23N5O2/c1-14-19-16(21-6-2-3-7-21)13-17(20-14)22-8-10-23(11-9-22)18(24)15-5-4-12-25-15/h2-3,6-7,13,15H,4-5,8-12H2,1H3. The molecule has 2 aromatic heterocycles. The molecule has 2 aliphatic heterocycles. The molecule has 132 valence electrons. The van der Waals surface area contributed by atoms with Gasteiger partial charge < -0.3 is 19.1 Å².